The zero-order chi connectivity index (χ0) is 10.1. The summed E-state index contributed by atoms with van der Waals surface area (Å²) < 4.78 is 0. The molecule has 1 aromatic heterocycles. The van der Waals surface area contributed by atoms with Gasteiger partial charge in [0, 0.05) is 24.4 Å². The van der Waals surface area contributed by atoms with Crippen molar-refractivity contribution in [1.29, 1.82) is 0 Å². The molecule has 0 bridgehead atoms. The fourth-order valence-corrected chi connectivity index (χ4v) is 2.11. The van der Waals surface area contributed by atoms with E-state index in [2.05, 4.69) is 26.1 Å². The van der Waals surface area contributed by atoms with Gasteiger partial charge in [0.05, 0.1) is 0 Å². The second kappa shape index (κ2) is 3.90. The van der Waals surface area contributed by atoms with Crippen LogP contribution < -0.4 is 4.90 Å². The molecule has 6 heteroatoms. The third-order valence-corrected chi connectivity index (χ3v) is 3.34. The van der Waals surface area contributed by atoms with E-state index >= 15 is 0 Å². The molecule has 4 nitrogen and oxygen atoms in total. The summed E-state index contributed by atoms with van der Waals surface area (Å²) in [4.78, 5) is 13.2. The summed E-state index contributed by atoms with van der Waals surface area (Å²) in [5.41, 5.74) is 0. The van der Waals surface area contributed by atoms with Crippen molar-refractivity contribution in [3.63, 3.8) is 0 Å². The van der Waals surface area contributed by atoms with Gasteiger partial charge in [-0.2, -0.15) is 5.10 Å². The highest BCUT2D eigenvalue weighted by Gasteiger charge is 2.30. The van der Waals surface area contributed by atoms with Crippen LogP contribution in [0.1, 0.15) is 6.42 Å². The normalized spacial score (nSPS) is 22.0. The number of hydrogen-bond acceptors (Lipinski definition) is 2. The summed E-state index contributed by atoms with van der Waals surface area (Å²) in [5.74, 6) is 1.10. The van der Waals surface area contributed by atoms with Crippen LogP contribution in [0.3, 0.4) is 0 Å². The van der Waals surface area contributed by atoms with E-state index in [9.17, 15) is 4.79 Å². The molecular formula is C8H9BrClN3O. The van der Waals surface area contributed by atoms with Crippen molar-refractivity contribution < 1.29 is 4.79 Å². The largest absolute Gasteiger partial charge is 0.295 e. The minimum Gasteiger partial charge on any atom is -0.295 e. The zero-order valence-electron chi connectivity index (χ0n) is 7.33. The number of halogens is 2. The maximum absolute atomic E-state index is 11.6. The molecule has 0 spiro atoms. The summed E-state index contributed by atoms with van der Waals surface area (Å²) in [5, 5.41) is 7.85. The van der Waals surface area contributed by atoms with E-state index < -0.39 is 0 Å². The Morgan fingerprint density at radius 3 is 3.07 bits per heavy atom. The molecule has 1 aliphatic heterocycles. The molecule has 0 aromatic carbocycles. The molecule has 0 radical (unpaired) electrons. The number of nitrogens with one attached hydrogen (secondary N) is 1. The van der Waals surface area contributed by atoms with Crippen molar-refractivity contribution in [3.8, 4) is 0 Å². The predicted molar refractivity (Wildman–Crippen MR) is 57.9 cm³/mol. The van der Waals surface area contributed by atoms with Gasteiger partial charge in [-0.3, -0.25) is 14.8 Å². The molecule has 1 atom stereocenters. The summed E-state index contributed by atoms with van der Waals surface area (Å²) in [6.45, 7) is 0.714. The minimum absolute atomic E-state index is 0.109. The number of H-pyrrole nitrogens is 1. The number of alkyl halides is 1. The van der Waals surface area contributed by atoms with Crippen LogP contribution in [0.5, 0.6) is 0 Å². The maximum Gasteiger partial charge on any atom is 0.228 e. The van der Waals surface area contributed by atoms with E-state index in [-0.39, 0.29) is 5.91 Å². The number of anilines is 1. The van der Waals surface area contributed by atoms with Gasteiger partial charge in [-0.05, 0) is 5.92 Å². The van der Waals surface area contributed by atoms with Crippen LogP contribution in [0.4, 0.5) is 5.82 Å². The Hall–Kier alpha value is -0.550. The number of carbonyl (C=O) groups is 1. The Balaban J connectivity index is 2.16. The van der Waals surface area contributed by atoms with Gasteiger partial charge in [0.1, 0.15) is 5.15 Å². The smallest absolute Gasteiger partial charge is 0.228 e. The Morgan fingerprint density at radius 1 is 1.79 bits per heavy atom. The van der Waals surface area contributed by atoms with Crippen molar-refractivity contribution in [2.75, 3.05) is 16.8 Å². The lowest BCUT2D eigenvalue weighted by atomic mass is 10.2. The zero-order valence-corrected chi connectivity index (χ0v) is 9.68. The quantitative estimate of drug-likeness (QED) is 0.839. The summed E-state index contributed by atoms with van der Waals surface area (Å²) >= 11 is 9.07. The van der Waals surface area contributed by atoms with Crippen LogP contribution in [-0.4, -0.2) is 28.0 Å². The first-order valence-corrected chi connectivity index (χ1v) is 5.78. The number of aromatic nitrogens is 2. The molecule has 0 saturated carbocycles. The third-order valence-electron chi connectivity index (χ3n) is 2.23. The number of nitrogens with zero attached hydrogens (tertiary/aromatic N) is 2. The number of hydrogen-bond donors (Lipinski definition) is 1. The van der Waals surface area contributed by atoms with Gasteiger partial charge in [0.25, 0.3) is 0 Å². The van der Waals surface area contributed by atoms with Crippen molar-refractivity contribution >= 4 is 39.3 Å². The van der Waals surface area contributed by atoms with Gasteiger partial charge in [0.2, 0.25) is 5.91 Å². The summed E-state index contributed by atoms with van der Waals surface area (Å²) in [7, 11) is 0. The van der Waals surface area contributed by atoms with Crippen LogP contribution in [-0.2, 0) is 4.79 Å². The Kier molecular flexibility index (Phi) is 2.78. The molecule has 76 valence electrons. The van der Waals surface area contributed by atoms with Crippen LogP contribution in [0.25, 0.3) is 0 Å². The first-order chi connectivity index (χ1) is 6.70. The molecule has 1 fully saturated rings. The fourth-order valence-electron chi connectivity index (χ4n) is 1.53. The van der Waals surface area contributed by atoms with Gasteiger partial charge in [-0.25, -0.2) is 0 Å². The third kappa shape index (κ3) is 1.79. The van der Waals surface area contributed by atoms with Crippen molar-refractivity contribution in [3.05, 3.63) is 11.2 Å². The molecule has 1 unspecified atom stereocenters. The maximum atomic E-state index is 11.6. The second-order valence-electron chi connectivity index (χ2n) is 3.30. The van der Waals surface area contributed by atoms with E-state index in [1.807, 2.05) is 0 Å². The molecule has 2 rings (SSSR count). The number of carbonyl (C=O) groups excluding carboxylic acids is 1. The van der Waals surface area contributed by atoms with E-state index in [1.165, 1.54) is 0 Å². The summed E-state index contributed by atoms with van der Waals surface area (Å²) in [6, 6.07) is 1.66. The standard InChI is InChI=1S/C8H9BrClN3O/c9-3-5-1-8(14)13(4-5)7-2-6(10)11-12-7/h2,5H,1,3-4H2,(H,11,12). The van der Waals surface area contributed by atoms with Gasteiger partial charge in [-0.15, -0.1) is 0 Å². The lowest BCUT2D eigenvalue weighted by Gasteiger charge is -2.11. The van der Waals surface area contributed by atoms with Crippen molar-refractivity contribution in [2.45, 2.75) is 6.42 Å². The van der Waals surface area contributed by atoms with E-state index in [1.54, 1.807) is 11.0 Å². The Bertz CT molecular complexity index is 354. The van der Waals surface area contributed by atoms with E-state index in [4.69, 9.17) is 11.6 Å². The van der Waals surface area contributed by atoms with Gasteiger partial charge in [-0.1, -0.05) is 27.5 Å². The Morgan fingerprint density at radius 2 is 2.57 bits per heavy atom. The number of amides is 1. The fraction of sp³-hybridized carbons (Fsp3) is 0.500. The lowest BCUT2D eigenvalue weighted by molar-refractivity contribution is -0.117. The first-order valence-electron chi connectivity index (χ1n) is 4.28. The highest BCUT2D eigenvalue weighted by Crippen LogP contribution is 2.25. The molecule has 2 heterocycles. The SMILES string of the molecule is O=C1CC(CBr)CN1c1cc(Cl)[nH]n1. The van der Waals surface area contributed by atoms with Crippen LogP contribution >= 0.6 is 27.5 Å². The molecule has 14 heavy (non-hydrogen) atoms. The highest BCUT2D eigenvalue weighted by molar-refractivity contribution is 9.09. The lowest BCUT2D eigenvalue weighted by Crippen LogP contribution is -2.24. The average molecular weight is 279 g/mol. The van der Waals surface area contributed by atoms with Crippen molar-refractivity contribution in [2.24, 2.45) is 5.92 Å². The molecule has 1 aliphatic rings. The van der Waals surface area contributed by atoms with Gasteiger partial charge in [0.15, 0.2) is 5.82 Å². The van der Waals surface area contributed by atoms with Gasteiger partial charge >= 0.3 is 0 Å². The molecule has 1 saturated heterocycles. The molecule has 0 aliphatic carbocycles. The molecule has 1 amide bonds. The predicted octanol–water partition coefficient (Wildman–Crippen LogP) is 1.81. The highest BCUT2D eigenvalue weighted by atomic mass is 79.9. The molecular weight excluding hydrogens is 269 g/mol. The van der Waals surface area contributed by atoms with E-state index in [0.717, 1.165) is 5.33 Å². The van der Waals surface area contributed by atoms with Gasteiger partial charge < -0.3 is 0 Å². The van der Waals surface area contributed by atoms with Crippen molar-refractivity contribution in [1.82, 2.24) is 10.2 Å². The summed E-state index contributed by atoms with van der Waals surface area (Å²) in [6.07, 6.45) is 0.579. The number of aromatic amines is 1. The minimum atomic E-state index is 0.109. The molecule has 1 aromatic rings. The topological polar surface area (TPSA) is 49.0 Å². The average Bonchev–Trinajstić information content (AvgIpc) is 2.71. The van der Waals surface area contributed by atoms with Crippen LogP contribution in [0, 0.1) is 5.92 Å². The monoisotopic (exact) mass is 277 g/mol. The second-order valence-corrected chi connectivity index (χ2v) is 4.36. The van der Waals surface area contributed by atoms with E-state index in [0.29, 0.717) is 29.9 Å². The van der Waals surface area contributed by atoms with Crippen LogP contribution in [0.2, 0.25) is 5.15 Å². The number of rotatable bonds is 2. The van der Waals surface area contributed by atoms with Crippen LogP contribution in [0.15, 0.2) is 6.07 Å². The molecule has 1 N–H and O–H groups in total. The first kappa shape index (κ1) is 9.98. The Labute approximate surface area is 94.7 Å².